The van der Waals surface area contributed by atoms with Gasteiger partial charge in [0.25, 0.3) is 0 Å². The highest BCUT2D eigenvalue weighted by Gasteiger charge is 2.25. The standard InChI is InChI=1S/C17H24FNO3/c1-4-5-14(11(2)3)17(22)19-15(10-16(20)21)12-6-8-13(18)9-7-12/h6-9,11,14-15H,4-5,10H2,1-3H3,(H,19,22)(H,20,21). The second-order valence-corrected chi connectivity index (χ2v) is 5.85. The molecular weight excluding hydrogens is 285 g/mol. The van der Waals surface area contributed by atoms with Crippen LogP contribution in [0.3, 0.4) is 0 Å². The van der Waals surface area contributed by atoms with Gasteiger partial charge >= 0.3 is 5.97 Å². The van der Waals surface area contributed by atoms with Crippen LogP contribution < -0.4 is 5.32 Å². The number of hydrogen-bond donors (Lipinski definition) is 2. The highest BCUT2D eigenvalue weighted by Crippen LogP contribution is 2.22. The molecule has 0 fully saturated rings. The maximum Gasteiger partial charge on any atom is 0.305 e. The van der Waals surface area contributed by atoms with E-state index in [1.807, 2.05) is 20.8 Å². The van der Waals surface area contributed by atoms with E-state index in [1.54, 1.807) is 0 Å². The Morgan fingerprint density at radius 3 is 2.27 bits per heavy atom. The van der Waals surface area contributed by atoms with Crippen molar-refractivity contribution < 1.29 is 19.1 Å². The molecule has 0 aliphatic carbocycles. The van der Waals surface area contributed by atoms with Crippen LogP contribution in [0.1, 0.15) is 51.6 Å². The van der Waals surface area contributed by atoms with Crippen molar-refractivity contribution in [2.45, 2.75) is 46.1 Å². The molecule has 0 saturated heterocycles. The van der Waals surface area contributed by atoms with E-state index in [2.05, 4.69) is 5.32 Å². The van der Waals surface area contributed by atoms with Gasteiger partial charge in [0.05, 0.1) is 12.5 Å². The fourth-order valence-corrected chi connectivity index (χ4v) is 2.48. The largest absolute Gasteiger partial charge is 0.481 e. The molecule has 2 N–H and O–H groups in total. The summed E-state index contributed by atoms with van der Waals surface area (Å²) in [5.74, 6) is -1.52. The lowest BCUT2D eigenvalue weighted by molar-refractivity contribution is -0.138. The van der Waals surface area contributed by atoms with Crippen molar-refractivity contribution in [3.63, 3.8) is 0 Å². The van der Waals surface area contributed by atoms with Gasteiger partial charge in [-0.05, 0) is 30.0 Å². The predicted octanol–water partition coefficient (Wildman–Crippen LogP) is 3.53. The number of nitrogens with one attached hydrogen (secondary N) is 1. The second kappa shape index (κ2) is 8.51. The van der Waals surface area contributed by atoms with Gasteiger partial charge in [0.2, 0.25) is 5.91 Å². The molecule has 0 heterocycles. The molecule has 1 aromatic rings. The Balaban J connectivity index is 2.90. The number of carbonyl (C=O) groups is 2. The Kier molecular flexibility index (Phi) is 7.02. The summed E-state index contributed by atoms with van der Waals surface area (Å²) in [7, 11) is 0. The molecule has 0 saturated carbocycles. The van der Waals surface area contributed by atoms with Gasteiger partial charge in [0.15, 0.2) is 0 Å². The Morgan fingerprint density at radius 1 is 1.23 bits per heavy atom. The van der Waals surface area contributed by atoms with Crippen molar-refractivity contribution in [3.8, 4) is 0 Å². The van der Waals surface area contributed by atoms with E-state index in [1.165, 1.54) is 24.3 Å². The molecule has 1 amide bonds. The lowest BCUT2D eigenvalue weighted by Gasteiger charge is -2.24. The van der Waals surface area contributed by atoms with Crippen LogP contribution in [0.5, 0.6) is 0 Å². The minimum Gasteiger partial charge on any atom is -0.481 e. The monoisotopic (exact) mass is 309 g/mol. The first kappa shape index (κ1) is 18.1. The molecule has 2 atom stereocenters. The van der Waals surface area contributed by atoms with E-state index < -0.39 is 17.8 Å². The Morgan fingerprint density at radius 2 is 1.82 bits per heavy atom. The van der Waals surface area contributed by atoms with E-state index in [0.717, 1.165) is 12.8 Å². The maximum absolute atomic E-state index is 13.0. The fraction of sp³-hybridized carbons (Fsp3) is 0.529. The molecule has 122 valence electrons. The molecule has 0 aliphatic rings. The zero-order valence-electron chi connectivity index (χ0n) is 13.3. The number of carboxylic acid groups (broad SMARTS) is 1. The summed E-state index contributed by atoms with van der Waals surface area (Å²) in [5.41, 5.74) is 0.594. The van der Waals surface area contributed by atoms with Crippen LogP contribution in [0.25, 0.3) is 0 Å². The normalized spacial score (nSPS) is 13.7. The molecule has 0 aliphatic heterocycles. The lowest BCUT2D eigenvalue weighted by Crippen LogP contribution is -2.37. The zero-order chi connectivity index (χ0) is 16.7. The molecule has 5 heteroatoms. The van der Waals surface area contributed by atoms with Crippen molar-refractivity contribution in [1.82, 2.24) is 5.32 Å². The number of amides is 1. The van der Waals surface area contributed by atoms with Gasteiger partial charge in [0, 0.05) is 5.92 Å². The quantitative estimate of drug-likeness (QED) is 0.772. The van der Waals surface area contributed by atoms with Gasteiger partial charge in [0.1, 0.15) is 5.82 Å². The summed E-state index contributed by atoms with van der Waals surface area (Å²) in [6, 6.07) is 4.90. The van der Waals surface area contributed by atoms with E-state index in [4.69, 9.17) is 5.11 Å². The number of carboxylic acids is 1. The Labute approximate surface area is 130 Å². The summed E-state index contributed by atoms with van der Waals surface area (Å²) in [4.78, 5) is 23.5. The molecular formula is C17H24FNO3. The highest BCUT2D eigenvalue weighted by molar-refractivity contribution is 5.80. The Hall–Kier alpha value is -1.91. The molecule has 0 radical (unpaired) electrons. The summed E-state index contributed by atoms with van der Waals surface area (Å²) < 4.78 is 13.0. The van der Waals surface area contributed by atoms with Crippen LogP contribution in [0.15, 0.2) is 24.3 Å². The van der Waals surface area contributed by atoms with Gasteiger partial charge in [-0.1, -0.05) is 39.3 Å². The summed E-state index contributed by atoms with van der Waals surface area (Å²) >= 11 is 0. The molecule has 0 aromatic heterocycles. The van der Waals surface area contributed by atoms with Crippen LogP contribution in [0, 0.1) is 17.7 Å². The summed E-state index contributed by atoms with van der Waals surface area (Å²) in [5, 5.41) is 11.8. The topological polar surface area (TPSA) is 66.4 Å². The van der Waals surface area contributed by atoms with Crippen molar-refractivity contribution in [2.75, 3.05) is 0 Å². The van der Waals surface area contributed by atoms with Gasteiger partial charge in [-0.15, -0.1) is 0 Å². The first-order chi connectivity index (χ1) is 10.3. The van der Waals surface area contributed by atoms with E-state index in [-0.39, 0.29) is 24.2 Å². The lowest BCUT2D eigenvalue weighted by atomic mass is 9.90. The number of carbonyl (C=O) groups excluding carboxylic acids is 1. The minimum atomic E-state index is -1.01. The zero-order valence-corrected chi connectivity index (χ0v) is 13.3. The molecule has 1 rings (SSSR count). The fourth-order valence-electron chi connectivity index (χ4n) is 2.48. The smallest absolute Gasteiger partial charge is 0.305 e. The minimum absolute atomic E-state index is 0.146. The number of hydrogen-bond acceptors (Lipinski definition) is 2. The van der Waals surface area contributed by atoms with Gasteiger partial charge in [-0.25, -0.2) is 4.39 Å². The number of aliphatic carboxylic acids is 1. The number of benzene rings is 1. The van der Waals surface area contributed by atoms with E-state index >= 15 is 0 Å². The molecule has 0 spiro atoms. The van der Waals surface area contributed by atoms with Gasteiger partial charge in [-0.3, -0.25) is 9.59 Å². The highest BCUT2D eigenvalue weighted by atomic mass is 19.1. The van der Waals surface area contributed by atoms with Crippen LogP contribution in [-0.4, -0.2) is 17.0 Å². The summed E-state index contributed by atoms with van der Waals surface area (Å²) in [6.45, 7) is 5.96. The average Bonchev–Trinajstić information content (AvgIpc) is 2.43. The first-order valence-corrected chi connectivity index (χ1v) is 7.62. The molecule has 1 aromatic carbocycles. The van der Waals surface area contributed by atoms with Crippen LogP contribution >= 0.6 is 0 Å². The predicted molar refractivity (Wildman–Crippen MR) is 82.8 cm³/mol. The van der Waals surface area contributed by atoms with Gasteiger partial charge in [-0.2, -0.15) is 0 Å². The summed E-state index contributed by atoms with van der Waals surface area (Å²) in [6.07, 6.45) is 1.41. The van der Waals surface area contributed by atoms with Crippen molar-refractivity contribution in [3.05, 3.63) is 35.6 Å². The SMILES string of the molecule is CCCC(C(=O)NC(CC(=O)O)c1ccc(F)cc1)C(C)C. The average molecular weight is 309 g/mol. The third kappa shape index (κ3) is 5.47. The first-order valence-electron chi connectivity index (χ1n) is 7.62. The maximum atomic E-state index is 13.0. The van der Waals surface area contributed by atoms with Crippen LogP contribution in [-0.2, 0) is 9.59 Å². The molecule has 4 nitrogen and oxygen atoms in total. The van der Waals surface area contributed by atoms with E-state index in [0.29, 0.717) is 5.56 Å². The van der Waals surface area contributed by atoms with Crippen molar-refractivity contribution >= 4 is 11.9 Å². The van der Waals surface area contributed by atoms with Crippen molar-refractivity contribution in [2.24, 2.45) is 11.8 Å². The number of rotatable bonds is 8. The Bertz CT molecular complexity index is 499. The van der Waals surface area contributed by atoms with Gasteiger partial charge < -0.3 is 10.4 Å². The van der Waals surface area contributed by atoms with Crippen LogP contribution in [0.2, 0.25) is 0 Å². The third-order valence-electron chi connectivity index (χ3n) is 3.71. The number of halogens is 1. The molecule has 22 heavy (non-hydrogen) atoms. The molecule has 2 unspecified atom stereocenters. The second-order valence-electron chi connectivity index (χ2n) is 5.85. The third-order valence-corrected chi connectivity index (χ3v) is 3.71. The van der Waals surface area contributed by atoms with Crippen LogP contribution in [0.4, 0.5) is 4.39 Å². The molecule has 0 bridgehead atoms. The van der Waals surface area contributed by atoms with E-state index in [9.17, 15) is 14.0 Å². The van der Waals surface area contributed by atoms with Crippen molar-refractivity contribution in [1.29, 1.82) is 0 Å².